The van der Waals surface area contributed by atoms with Crippen molar-refractivity contribution in [3.63, 3.8) is 0 Å². The highest BCUT2D eigenvalue weighted by Gasteiger charge is 2.13. The number of benzene rings is 2. The van der Waals surface area contributed by atoms with E-state index in [-0.39, 0.29) is 4.90 Å². The molecular formula is C15H15ClFNO2S. The van der Waals surface area contributed by atoms with Crippen LogP contribution in [0.25, 0.3) is 0 Å². The minimum Gasteiger partial charge on any atom is -0.280 e. The zero-order chi connectivity index (χ0) is 15.3. The summed E-state index contributed by atoms with van der Waals surface area (Å²) in [6.07, 6.45) is 1.66. The van der Waals surface area contributed by atoms with Crippen LogP contribution in [-0.2, 0) is 16.4 Å². The fourth-order valence-electron chi connectivity index (χ4n) is 1.84. The van der Waals surface area contributed by atoms with Crippen molar-refractivity contribution in [1.82, 2.24) is 0 Å². The number of anilines is 1. The number of nitrogens with one attached hydrogen (secondary N) is 1. The zero-order valence-corrected chi connectivity index (χ0v) is 12.8. The summed E-state index contributed by atoms with van der Waals surface area (Å²) in [6.45, 7) is 0. The number of aryl methyl sites for hydroxylation is 1. The summed E-state index contributed by atoms with van der Waals surface area (Å²) < 4.78 is 39.6. The molecule has 112 valence electrons. The van der Waals surface area contributed by atoms with E-state index in [0.29, 0.717) is 11.6 Å². The molecule has 6 heteroatoms. The maximum absolute atomic E-state index is 12.8. The van der Waals surface area contributed by atoms with Crippen LogP contribution in [-0.4, -0.2) is 14.3 Å². The van der Waals surface area contributed by atoms with Gasteiger partial charge in [0.15, 0.2) is 0 Å². The number of halogens is 2. The van der Waals surface area contributed by atoms with Crippen molar-refractivity contribution in [2.24, 2.45) is 0 Å². The predicted octanol–water partition coefficient (Wildman–Crippen LogP) is 3.80. The summed E-state index contributed by atoms with van der Waals surface area (Å²) in [7, 11) is -3.66. The summed E-state index contributed by atoms with van der Waals surface area (Å²) in [5.41, 5.74) is 1.36. The van der Waals surface area contributed by atoms with Crippen molar-refractivity contribution in [2.45, 2.75) is 17.7 Å². The average Bonchev–Trinajstić information content (AvgIpc) is 2.48. The van der Waals surface area contributed by atoms with Crippen LogP contribution in [0.1, 0.15) is 12.0 Å². The normalized spacial score (nSPS) is 11.3. The highest BCUT2D eigenvalue weighted by Crippen LogP contribution is 2.17. The molecule has 0 saturated carbocycles. The molecule has 0 amide bonds. The number of rotatable bonds is 6. The molecular weight excluding hydrogens is 313 g/mol. The quantitative estimate of drug-likeness (QED) is 0.820. The Labute approximate surface area is 128 Å². The largest absolute Gasteiger partial charge is 0.280 e. The number of alkyl halides is 1. The molecule has 0 aromatic heterocycles. The first kappa shape index (κ1) is 15.8. The van der Waals surface area contributed by atoms with Crippen molar-refractivity contribution in [3.05, 3.63) is 59.9 Å². The predicted molar refractivity (Wildman–Crippen MR) is 82.7 cm³/mol. The van der Waals surface area contributed by atoms with E-state index in [1.165, 1.54) is 24.3 Å². The monoisotopic (exact) mass is 327 g/mol. The first-order valence-corrected chi connectivity index (χ1v) is 8.46. The molecule has 2 aromatic rings. The minimum atomic E-state index is -3.66. The summed E-state index contributed by atoms with van der Waals surface area (Å²) in [4.78, 5) is 0.168. The van der Waals surface area contributed by atoms with Crippen LogP contribution >= 0.6 is 11.6 Å². The summed E-state index contributed by atoms with van der Waals surface area (Å²) in [6, 6.07) is 11.8. The molecule has 0 aliphatic heterocycles. The number of hydrogen-bond acceptors (Lipinski definition) is 2. The molecule has 0 spiro atoms. The van der Waals surface area contributed by atoms with Crippen LogP contribution in [0.5, 0.6) is 0 Å². The first-order chi connectivity index (χ1) is 10.0. The fraction of sp³-hybridized carbons (Fsp3) is 0.200. The number of hydrogen-bond donors (Lipinski definition) is 1. The maximum atomic E-state index is 12.8. The molecule has 21 heavy (non-hydrogen) atoms. The SMILES string of the molecule is O=S(=O)(Nc1ccc(F)cc1)c1ccc(CCCCl)cc1. The maximum Gasteiger partial charge on any atom is 0.261 e. The Bertz CT molecular complexity index is 685. The van der Waals surface area contributed by atoms with Crippen LogP contribution in [0.15, 0.2) is 53.4 Å². The Hall–Kier alpha value is -1.59. The smallest absolute Gasteiger partial charge is 0.261 e. The van der Waals surface area contributed by atoms with Crippen molar-refractivity contribution < 1.29 is 12.8 Å². The van der Waals surface area contributed by atoms with E-state index in [1.54, 1.807) is 24.3 Å². The van der Waals surface area contributed by atoms with Gasteiger partial charge in [0.1, 0.15) is 5.82 Å². The van der Waals surface area contributed by atoms with Gasteiger partial charge < -0.3 is 0 Å². The molecule has 0 fully saturated rings. The van der Waals surface area contributed by atoms with Crippen LogP contribution in [0.2, 0.25) is 0 Å². The lowest BCUT2D eigenvalue weighted by atomic mass is 10.1. The van der Waals surface area contributed by atoms with Gasteiger partial charge in [0.2, 0.25) is 0 Å². The third kappa shape index (κ3) is 4.44. The second kappa shape index (κ2) is 6.91. The highest BCUT2D eigenvalue weighted by atomic mass is 35.5. The van der Waals surface area contributed by atoms with Gasteiger partial charge in [-0.3, -0.25) is 4.72 Å². The summed E-state index contributed by atoms with van der Waals surface area (Å²) in [5, 5.41) is 0. The number of sulfonamides is 1. The molecule has 2 aromatic carbocycles. The molecule has 0 heterocycles. The molecule has 0 atom stereocenters. The Morgan fingerprint density at radius 3 is 2.19 bits per heavy atom. The second-order valence-electron chi connectivity index (χ2n) is 4.55. The second-order valence-corrected chi connectivity index (χ2v) is 6.61. The van der Waals surface area contributed by atoms with E-state index in [9.17, 15) is 12.8 Å². The van der Waals surface area contributed by atoms with Crippen molar-refractivity contribution in [1.29, 1.82) is 0 Å². The van der Waals surface area contributed by atoms with E-state index in [1.807, 2.05) is 0 Å². The fourth-order valence-corrected chi connectivity index (χ4v) is 3.03. The topological polar surface area (TPSA) is 46.2 Å². The van der Waals surface area contributed by atoms with E-state index in [4.69, 9.17) is 11.6 Å². The molecule has 0 radical (unpaired) electrons. The van der Waals surface area contributed by atoms with E-state index in [2.05, 4.69) is 4.72 Å². The van der Waals surface area contributed by atoms with Crippen molar-refractivity contribution >= 4 is 27.3 Å². The molecule has 0 aliphatic rings. The van der Waals surface area contributed by atoms with Crippen LogP contribution < -0.4 is 4.72 Å². The molecule has 0 bridgehead atoms. The Morgan fingerprint density at radius 2 is 1.62 bits per heavy atom. The van der Waals surface area contributed by atoms with Crippen molar-refractivity contribution in [3.8, 4) is 0 Å². The van der Waals surface area contributed by atoms with Gasteiger partial charge in [0.05, 0.1) is 4.90 Å². The van der Waals surface area contributed by atoms with Gasteiger partial charge in [-0.05, 0) is 54.8 Å². The van der Waals surface area contributed by atoms with Gasteiger partial charge in [-0.1, -0.05) is 12.1 Å². The van der Waals surface area contributed by atoms with Gasteiger partial charge in [-0.2, -0.15) is 0 Å². The average molecular weight is 328 g/mol. The first-order valence-electron chi connectivity index (χ1n) is 6.44. The third-order valence-corrected chi connectivity index (χ3v) is 4.59. The van der Waals surface area contributed by atoms with Gasteiger partial charge in [-0.15, -0.1) is 11.6 Å². The molecule has 2 rings (SSSR count). The van der Waals surface area contributed by atoms with Gasteiger partial charge in [-0.25, -0.2) is 12.8 Å². The van der Waals surface area contributed by atoms with Crippen molar-refractivity contribution in [2.75, 3.05) is 10.6 Å². The standard InChI is InChI=1S/C15H15ClFNO2S/c16-11-1-2-12-3-9-15(10-4-12)21(19,20)18-14-7-5-13(17)6-8-14/h3-10,18H,1-2,11H2. The Morgan fingerprint density at radius 1 is 1.00 bits per heavy atom. The Balaban J connectivity index is 2.13. The van der Waals surface area contributed by atoms with Crippen LogP contribution in [0.4, 0.5) is 10.1 Å². The lowest BCUT2D eigenvalue weighted by molar-refractivity contribution is 0.601. The van der Waals surface area contributed by atoms with Crippen LogP contribution in [0.3, 0.4) is 0 Å². The Kier molecular flexibility index (Phi) is 5.20. The lowest BCUT2D eigenvalue weighted by Gasteiger charge is -2.08. The van der Waals surface area contributed by atoms with E-state index >= 15 is 0 Å². The lowest BCUT2D eigenvalue weighted by Crippen LogP contribution is -2.12. The third-order valence-electron chi connectivity index (χ3n) is 2.93. The van der Waals surface area contributed by atoms with Gasteiger partial charge >= 0.3 is 0 Å². The highest BCUT2D eigenvalue weighted by molar-refractivity contribution is 7.92. The minimum absolute atomic E-state index is 0.168. The summed E-state index contributed by atoms with van der Waals surface area (Å²) in [5.74, 6) is 0.160. The molecule has 0 unspecified atom stereocenters. The van der Waals surface area contributed by atoms with E-state index < -0.39 is 15.8 Å². The molecule has 3 nitrogen and oxygen atoms in total. The zero-order valence-electron chi connectivity index (χ0n) is 11.2. The summed E-state index contributed by atoms with van der Waals surface area (Å²) >= 11 is 5.62. The van der Waals surface area contributed by atoms with Gasteiger partial charge in [0.25, 0.3) is 10.0 Å². The van der Waals surface area contributed by atoms with Crippen LogP contribution in [0, 0.1) is 5.82 Å². The van der Waals surface area contributed by atoms with E-state index in [0.717, 1.165) is 18.4 Å². The molecule has 1 N–H and O–H groups in total. The molecule has 0 aliphatic carbocycles. The van der Waals surface area contributed by atoms with Gasteiger partial charge in [0, 0.05) is 11.6 Å². The molecule has 0 saturated heterocycles.